The lowest BCUT2D eigenvalue weighted by molar-refractivity contribution is 0.476. The largest absolute Gasteiger partial charge is 0.508 e. The van der Waals surface area contributed by atoms with E-state index in [9.17, 15) is 0 Å². The van der Waals surface area contributed by atoms with E-state index in [2.05, 4.69) is 19.9 Å². The summed E-state index contributed by atoms with van der Waals surface area (Å²) in [6, 6.07) is 12.9. The molecule has 0 unspecified atom stereocenters. The van der Waals surface area contributed by atoms with Gasteiger partial charge in [0.15, 0.2) is 0 Å². The molecule has 0 saturated heterocycles. The average Bonchev–Trinajstić information content (AvgIpc) is 2.55. The number of hydrogen-bond donors (Lipinski definition) is 1. The van der Waals surface area contributed by atoms with Gasteiger partial charge in [-0.1, -0.05) is 18.2 Å². The molecule has 0 amide bonds. The molecule has 0 aliphatic heterocycles. The van der Waals surface area contributed by atoms with E-state index in [0.29, 0.717) is 0 Å². The molecule has 0 radical (unpaired) electrons. The van der Waals surface area contributed by atoms with Crippen molar-refractivity contribution in [2.24, 2.45) is 0 Å². The van der Waals surface area contributed by atoms with Crippen molar-refractivity contribution in [3.8, 4) is 5.75 Å². The molecule has 4 aromatic rings. The van der Waals surface area contributed by atoms with Crippen LogP contribution in [0.25, 0.3) is 21.8 Å². The molecule has 0 bridgehead atoms. The Kier molecular flexibility index (Phi) is 3.64. The maximum atomic E-state index is 9.07. The number of para-hydroxylation sites is 1. The maximum absolute atomic E-state index is 9.07. The summed E-state index contributed by atoms with van der Waals surface area (Å²) in [6.07, 6.45) is 6.54. The van der Waals surface area contributed by atoms with Crippen molar-refractivity contribution < 1.29 is 5.11 Å². The van der Waals surface area contributed by atoms with Crippen molar-refractivity contribution in [1.82, 2.24) is 19.9 Å². The van der Waals surface area contributed by atoms with Crippen molar-refractivity contribution in [1.29, 1.82) is 0 Å². The van der Waals surface area contributed by atoms with E-state index in [1.807, 2.05) is 30.5 Å². The van der Waals surface area contributed by atoms with Crippen molar-refractivity contribution in [2.75, 3.05) is 0 Å². The summed E-state index contributed by atoms with van der Waals surface area (Å²) in [5.74, 6) is 0.233. The summed E-state index contributed by atoms with van der Waals surface area (Å²) >= 11 is 0. The highest BCUT2D eigenvalue weighted by atomic mass is 16.3. The lowest BCUT2D eigenvalue weighted by Crippen LogP contribution is -1.78. The number of aromatic nitrogens is 4. The number of phenolic OH excluding ortho intramolecular Hbond substituents is 1. The fraction of sp³-hybridized carbons (Fsp3) is 0. The fourth-order valence-corrected chi connectivity index (χ4v) is 1.89. The molecule has 0 atom stereocenters. The molecule has 0 aliphatic rings. The predicted octanol–water partition coefficient (Wildman–Crippen LogP) is 2.97. The van der Waals surface area contributed by atoms with Crippen molar-refractivity contribution in [3.63, 3.8) is 0 Å². The first kappa shape index (κ1) is 12.9. The number of hydrogen-bond acceptors (Lipinski definition) is 5. The Morgan fingerprint density at radius 3 is 2.14 bits per heavy atom. The summed E-state index contributed by atoms with van der Waals surface area (Å²) in [6.45, 7) is 0. The molecule has 2 aromatic heterocycles. The molecule has 0 fully saturated rings. The van der Waals surface area contributed by atoms with Crippen LogP contribution in [0.1, 0.15) is 0 Å². The van der Waals surface area contributed by atoms with Crippen LogP contribution in [0.4, 0.5) is 0 Å². The first-order valence-electron chi connectivity index (χ1n) is 6.36. The molecule has 0 aliphatic carbocycles. The number of fused-ring (bicyclic) bond motifs is 2. The van der Waals surface area contributed by atoms with Crippen LogP contribution in [-0.2, 0) is 0 Å². The van der Waals surface area contributed by atoms with Gasteiger partial charge in [0.05, 0.1) is 11.0 Å². The lowest BCUT2D eigenvalue weighted by Gasteiger charge is -1.94. The topological polar surface area (TPSA) is 71.8 Å². The van der Waals surface area contributed by atoms with Crippen LogP contribution in [-0.4, -0.2) is 25.0 Å². The molecule has 5 heteroatoms. The van der Waals surface area contributed by atoms with Gasteiger partial charge in [-0.2, -0.15) is 0 Å². The van der Waals surface area contributed by atoms with Crippen LogP contribution in [0.2, 0.25) is 0 Å². The highest BCUT2D eigenvalue weighted by molar-refractivity contribution is 5.78. The van der Waals surface area contributed by atoms with Gasteiger partial charge in [-0.3, -0.25) is 0 Å². The quantitative estimate of drug-likeness (QED) is 0.534. The maximum Gasteiger partial charge on any atom is 0.117 e. The van der Waals surface area contributed by atoms with E-state index in [-0.39, 0.29) is 5.75 Å². The Labute approximate surface area is 121 Å². The first-order valence-corrected chi connectivity index (χ1v) is 6.36. The molecule has 1 N–H and O–H groups in total. The molecular weight excluding hydrogens is 264 g/mol. The molecule has 21 heavy (non-hydrogen) atoms. The Balaban J connectivity index is 0.000000126. The van der Waals surface area contributed by atoms with E-state index >= 15 is 0 Å². The molecule has 5 nitrogen and oxygen atoms in total. The second-order valence-corrected chi connectivity index (χ2v) is 4.35. The normalized spacial score (nSPS) is 10.1. The molecule has 4 rings (SSSR count). The van der Waals surface area contributed by atoms with Crippen molar-refractivity contribution >= 4 is 21.8 Å². The number of rotatable bonds is 0. The summed E-state index contributed by atoms with van der Waals surface area (Å²) in [5.41, 5.74) is 1.76. The highest BCUT2D eigenvalue weighted by Crippen LogP contribution is 2.15. The minimum atomic E-state index is 0.233. The molecule has 0 saturated carbocycles. The number of phenols is 1. The Bertz CT molecular complexity index is 814. The second kappa shape index (κ2) is 5.92. The van der Waals surface area contributed by atoms with Crippen LogP contribution < -0.4 is 0 Å². The minimum absolute atomic E-state index is 0.233. The average molecular weight is 276 g/mol. The Morgan fingerprint density at radius 1 is 0.714 bits per heavy atom. The lowest BCUT2D eigenvalue weighted by atomic mass is 10.2. The number of nitrogens with zero attached hydrogens (tertiary/aromatic N) is 4. The zero-order valence-corrected chi connectivity index (χ0v) is 11.1. The molecule has 2 heterocycles. The Hall–Kier alpha value is -3.08. The van der Waals surface area contributed by atoms with Crippen molar-refractivity contribution in [3.05, 3.63) is 67.5 Å². The van der Waals surface area contributed by atoms with Gasteiger partial charge in [-0.05, 0) is 18.2 Å². The third kappa shape index (κ3) is 3.09. The smallest absolute Gasteiger partial charge is 0.117 e. The van der Waals surface area contributed by atoms with Gasteiger partial charge in [0.1, 0.15) is 18.4 Å². The van der Waals surface area contributed by atoms with Gasteiger partial charge >= 0.3 is 0 Å². The first-order chi connectivity index (χ1) is 10.3. The van der Waals surface area contributed by atoms with Gasteiger partial charge in [0.2, 0.25) is 0 Å². The van der Waals surface area contributed by atoms with E-state index in [0.717, 1.165) is 21.8 Å². The van der Waals surface area contributed by atoms with Gasteiger partial charge < -0.3 is 5.11 Å². The third-order valence-corrected chi connectivity index (χ3v) is 2.90. The van der Waals surface area contributed by atoms with E-state index < -0.39 is 0 Å². The van der Waals surface area contributed by atoms with Crippen LogP contribution in [0.5, 0.6) is 5.75 Å². The molecular formula is C16H12N4O. The SMILES string of the molecule is Oc1ccc2cncnc2c1.c1ccc2ncncc2c1. The molecule has 2 aromatic carbocycles. The van der Waals surface area contributed by atoms with Crippen LogP contribution >= 0.6 is 0 Å². The van der Waals surface area contributed by atoms with Gasteiger partial charge in [0, 0.05) is 29.2 Å². The van der Waals surface area contributed by atoms with Crippen LogP contribution in [0.15, 0.2) is 67.5 Å². The standard InChI is InChI=1S/C8H6N2O.C8H6N2/c11-7-2-1-6-4-9-5-10-8(6)3-7;1-2-4-8-7(3-1)5-9-6-10-8/h1-5,11H;1-6H. The third-order valence-electron chi connectivity index (χ3n) is 2.90. The zero-order chi connectivity index (χ0) is 14.5. The summed E-state index contributed by atoms with van der Waals surface area (Å²) in [5, 5.41) is 11.1. The Morgan fingerprint density at radius 2 is 1.38 bits per heavy atom. The summed E-state index contributed by atoms with van der Waals surface area (Å²) in [7, 11) is 0. The second-order valence-electron chi connectivity index (χ2n) is 4.35. The predicted molar refractivity (Wildman–Crippen MR) is 80.7 cm³/mol. The fourth-order valence-electron chi connectivity index (χ4n) is 1.89. The van der Waals surface area contributed by atoms with Gasteiger partial charge in [0.25, 0.3) is 0 Å². The van der Waals surface area contributed by atoms with E-state index in [4.69, 9.17) is 5.11 Å². The molecule has 102 valence electrons. The number of aromatic hydroxyl groups is 1. The van der Waals surface area contributed by atoms with Crippen LogP contribution in [0, 0.1) is 0 Å². The van der Waals surface area contributed by atoms with Gasteiger partial charge in [-0.25, -0.2) is 19.9 Å². The molecule has 0 spiro atoms. The van der Waals surface area contributed by atoms with E-state index in [1.165, 1.54) is 6.33 Å². The van der Waals surface area contributed by atoms with Crippen molar-refractivity contribution in [2.45, 2.75) is 0 Å². The zero-order valence-electron chi connectivity index (χ0n) is 11.1. The number of benzene rings is 2. The highest BCUT2D eigenvalue weighted by Gasteiger charge is 1.93. The monoisotopic (exact) mass is 276 g/mol. The summed E-state index contributed by atoms with van der Waals surface area (Å²) in [4.78, 5) is 15.8. The minimum Gasteiger partial charge on any atom is -0.508 e. The van der Waals surface area contributed by atoms with E-state index in [1.54, 1.807) is 30.7 Å². The van der Waals surface area contributed by atoms with Crippen LogP contribution in [0.3, 0.4) is 0 Å². The van der Waals surface area contributed by atoms with Gasteiger partial charge in [-0.15, -0.1) is 0 Å². The summed E-state index contributed by atoms with van der Waals surface area (Å²) < 4.78 is 0.